The third kappa shape index (κ3) is 5.71. The molecule has 2 amide bonds. The minimum Gasteiger partial charge on any atom is -0.355 e. The zero-order valence-corrected chi connectivity index (χ0v) is 25.3. The zero-order valence-electron chi connectivity index (χ0n) is 25.3. The maximum absolute atomic E-state index is 14.0. The van der Waals surface area contributed by atoms with Crippen LogP contribution in [0.2, 0.25) is 0 Å². The molecular formula is C32H33FN8O3. The van der Waals surface area contributed by atoms with Crippen molar-refractivity contribution in [3.8, 4) is 17.2 Å². The van der Waals surface area contributed by atoms with Gasteiger partial charge in [0, 0.05) is 35.8 Å². The second-order valence-electron chi connectivity index (χ2n) is 10.6. The molecule has 226 valence electrons. The predicted molar refractivity (Wildman–Crippen MR) is 167 cm³/mol. The number of nitrogens with one attached hydrogen (secondary N) is 3. The first-order valence-electron chi connectivity index (χ1n) is 14.0. The number of hydrogen-bond donors (Lipinski definition) is 3. The molecule has 0 spiro atoms. The Bertz CT molecular complexity index is 1980. The SMILES string of the molecule is CNC(=O)c1cccc(-c2ncc(NC(=O)C(C)NC)c(=O)n2Cc2cc(-n3cc(C)c4cc(F)ccc43)nc(C)n2)c1C. The number of benzene rings is 2. The molecule has 0 aliphatic heterocycles. The monoisotopic (exact) mass is 596 g/mol. The Labute approximate surface area is 253 Å². The highest BCUT2D eigenvalue weighted by Gasteiger charge is 2.21. The van der Waals surface area contributed by atoms with Crippen LogP contribution in [0.4, 0.5) is 10.1 Å². The van der Waals surface area contributed by atoms with Crippen molar-refractivity contribution in [2.45, 2.75) is 40.3 Å². The number of likely N-dealkylation sites (N-methyl/N-ethyl adjacent to an activating group) is 1. The molecule has 0 radical (unpaired) electrons. The van der Waals surface area contributed by atoms with Gasteiger partial charge in [0.05, 0.1) is 30.0 Å². The number of aromatic nitrogens is 5. The number of halogens is 1. The Kier molecular flexibility index (Phi) is 8.36. The van der Waals surface area contributed by atoms with E-state index < -0.39 is 17.5 Å². The van der Waals surface area contributed by atoms with Gasteiger partial charge in [-0.05, 0) is 70.1 Å². The number of fused-ring (bicyclic) bond motifs is 1. The molecule has 3 heterocycles. The number of amides is 2. The first-order chi connectivity index (χ1) is 21.0. The lowest BCUT2D eigenvalue weighted by atomic mass is 10.0. The second-order valence-corrected chi connectivity index (χ2v) is 10.6. The molecule has 11 nitrogen and oxygen atoms in total. The molecule has 3 aromatic heterocycles. The van der Waals surface area contributed by atoms with Gasteiger partial charge in [-0.25, -0.2) is 19.3 Å². The van der Waals surface area contributed by atoms with Crippen molar-refractivity contribution in [2.24, 2.45) is 0 Å². The molecule has 2 aromatic carbocycles. The summed E-state index contributed by atoms with van der Waals surface area (Å²) in [6.07, 6.45) is 3.20. The predicted octanol–water partition coefficient (Wildman–Crippen LogP) is 3.66. The fraction of sp³-hybridized carbons (Fsp3) is 0.250. The third-order valence-corrected chi connectivity index (χ3v) is 7.59. The molecule has 5 aromatic rings. The van der Waals surface area contributed by atoms with Crippen molar-refractivity contribution in [2.75, 3.05) is 19.4 Å². The van der Waals surface area contributed by atoms with Crippen LogP contribution in [0, 0.1) is 26.6 Å². The van der Waals surface area contributed by atoms with Crippen molar-refractivity contribution in [3.05, 3.63) is 99.2 Å². The van der Waals surface area contributed by atoms with E-state index >= 15 is 0 Å². The van der Waals surface area contributed by atoms with E-state index in [0.717, 1.165) is 16.5 Å². The molecule has 0 saturated carbocycles. The van der Waals surface area contributed by atoms with Gasteiger partial charge in [0.2, 0.25) is 5.91 Å². The van der Waals surface area contributed by atoms with Crippen LogP contribution >= 0.6 is 0 Å². The molecule has 1 atom stereocenters. The van der Waals surface area contributed by atoms with Crippen molar-refractivity contribution in [1.82, 2.24) is 34.7 Å². The summed E-state index contributed by atoms with van der Waals surface area (Å²) in [5.74, 6) is 0.317. The smallest absolute Gasteiger partial charge is 0.277 e. The molecule has 5 rings (SSSR count). The average molecular weight is 597 g/mol. The normalized spacial score (nSPS) is 11.9. The van der Waals surface area contributed by atoms with E-state index in [1.807, 2.05) is 17.7 Å². The average Bonchev–Trinajstić information content (AvgIpc) is 3.33. The molecule has 0 aliphatic carbocycles. The van der Waals surface area contributed by atoms with Crippen LogP contribution in [0.15, 0.2) is 59.7 Å². The summed E-state index contributed by atoms with van der Waals surface area (Å²) in [4.78, 5) is 53.0. The summed E-state index contributed by atoms with van der Waals surface area (Å²) >= 11 is 0. The molecule has 0 bridgehead atoms. The van der Waals surface area contributed by atoms with Gasteiger partial charge in [-0.15, -0.1) is 0 Å². The largest absolute Gasteiger partial charge is 0.355 e. The molecule has 44 heavy (non-hydrogen) atoms. The summed E-state index contributed by atoms with van der Waals surface area (Å²) in [5.41, 5.74) is 3.32. The minimum absolute atomic E-state index is 0.000940. The highest BCUT2D eigenvalue weighted by Crippen LogP contribution is 2.27. The molecule has 12 heteroatoms. The van der Waals surface area contributed by atoms with Crippen LogP contribution < -0.4 is 21.5 Å². The van der Waals surface area contributed by atoms with Gasteiger partial charge in [0.25, 0.3) is 11.5 Å². The number of hydrogen-bond acceptors (Lipinski definition) is 7. The summed E-state index contributed by atoms with van der Waals surface area (Å²) in [5, 5.41) is 8.92. The Morgan fingerprint density at radius 3 is 2.55 bits per heavy atom. The first kappa shape index (κ1) is 30.2. The molecule has 3 N–H and O–H groups in total. The lowest BCUT2D eigenvalue weighted by Gasteiger charge is -2.18. The van der Waals surface area contributed by atoms with Gasteiger partial charge in [-0.3, -0.25) is 19.0 Å². The zero-order chi connectivity index (χ0) is 31.7. The third-order valence-electron chi connectivity index (χ3n) is 7.59. The van der Waals surface area contributed by atoms with Gasteiger partial charge in [0.1, 0.15) is 29.0 Å². The minimum atomic E-state index is -0.547. The Hall–Kier alpha value is -5.23. The van der Waals surface area contributed by atoms with Crippen LogP contribution in [0.3, 0.4) is 0 Å². The number of anilines is 1. The van der Waals surface area contributed by atoms with Crippen LogP contribution in [0.25, 0.3) is 28.1 Å². The van der Waals surface area contributed by atoms with Gasteiger partial charge >= 0.3 is 0 Å². The van der Waals surface area contributed by atoms with E-state index in [0.29, 0.717) is 39.9 Å². The number of aryl methyl sites for hydroxylation is 2. The van der Waals surface area contributed by atoms with Gasteiger partial charge < -0.3 is 20.5 Å². The molecular weight excluding hydrogens is 563 g/mol. The van der Waals surface area contributed by atoms with E-state index in [1.54, 1.807) is 65.2 Å². The maximum atomic E-state index is 14.0. The van der Waals surface area contributed by atoms with E-state index in [1.165, 1.54) is 22.9 Å². The van der Waals surface area contributed by atoms with Gasteiger partial charge in [-0.2, -0.15) is 0 Å². The summed E-state index contributed by atoms with van der Waals surface area (Å²) in [7, 11) is 3.19. The summed E-state index contributed by atoms with van der Waals surface area (Å²) in [6, 6.07) is 11.0. The summed E-state index contributed by atoms with van der Waals surface area (Å²) < 4.78 is 17.3. The molecule has 0 saturated heterocycles. The van der Waals surface area contributed by atoms with Gasteiger partial charge in [-0.1, -0.05) is 12.1 Å². The van der Waals surface area contributed by atoms with Crippen LogP contribution in [-0.2, 0) is 11.3 Å². The van der Waals surface area contributed by atoms with E-state index in [-0.39, 0.29) is 24.0 Å². The summed E-state index contributed by atoms with van der Waals surface area (Å²) in [6.45, 7) is 7.10. The Morgan fingerprint density at radius 1 is 1.05 bits per heavy atom. The topological polar surface area (TPSA) is 136 Å². The fourth-order valence-corrected chi connectivity index (χ4v) is 5.11. The fourth-order valence-electron chi connectivity index (χ4n) is 5.11. The van der Waals surface area contributed by atoms with E-state index in [4.69, 9.17) is 0 Å². The van der Waals surface area contributed by atoms with Crippen LogP contribution in [0.5, 0.6) is 0 Å². The number of rotatable bonds is 8. The van der Waals surface area contributed by atoms with Crippen LogP contribution in [-0.4, -0.2) is 56.0 Å². The standard InChI is InChI=1S/C32H33FN8O3/c1-17-15-40(27-11-10-21(33)12-25(17)27)28-13-22(37-20(4)38-28)16-41-29(23-8-7-9-24(18(23)2)31(43)35-6)36-14-26(32(41)44)39-30(42)19(3)34-5/h7-15,19,34H,16H2,1-6H3,(H,35,43)(H,39,42). The van der Waals surface area contributed by atoms with E-state index in [2.05, 4.69) is 30.9 Å². The first-order valence-corrected chi connectivity index (χ1v) is 14.0. The molecule has 0 aliphatic rings. The highest BCUT2D eigenvalue weighted by atomic mass is 19.1. The second kappa shape index (κ2) is 12.2. The van der Waals surface area contributed by atoms with E-state index in [9.17, 15) is 18.8 Å². The number of carbonyl (C=O) groups excluding carboxylic acids is 2. The Balaban J connectivity index is 1.66. The van der Waals surface area contributed by atoms with Crippen molar-refractivity contribution in [1.29, 1.82) is 0 Å². The molecule has 1 unspecified atom stereocenters. The number of nitrogens with zero attached hydrogens (tertiary/aromatic N) is 5. The quantitative estimate of drug-likeness (QED) is 0.249. The maximum Gasteiger partial charge on any atom is 0.277 e. The molecule has 0 fully saturated rings. The lowest BCUT2D eigenvalue weighted by molar-refractivity contribution is -0.117. The highest BCUT2D eigenvalue weighted by molar-refractivity contribution is 5.97. The van der Waals surface area contributed by atoms with Crippen LogP contribution in [0.1, 0.15) is 39.9 Å². The Morgan fingerprint density at radius 2 is 1.82 bits per heavy atom. The lowest BCUT2D eigenvalue weighted by Crippen LogP contribution is -2.38. The number of carbonyl (C=O) groups is 2. The van der Waals surface area contributed by atoms with Crippen molar-refractivity contribution >= 4 is 28.4 Å². The van der Waals surface area contributed by atoms with Gasteiger partial charge in [0.15, 0.2) is 0 Å². The van der Waals surface area contributed by atoms with Crippen molar-refractivity contribution in [3.63, 3.8) is 0 Å². The van der Waals surface area contributed by atoms with Crippen molar-refractivity contribution < 1.29 is 14.0 Å².